The van der Waals surface area contributed by atoms with E-state index in [4.69, 9.17) is 15.2 Å². The van der Waals surface area contributed by atoms with E-state index in [0.29, 0.717) is 11.7 Å². The molecule has 0 amide bonds. The molecule has 0 radical (unpaired) electrons. The third-order valence-electron chi connectivity index (χ3n) is 4.11. The van der Waals surface area contributed by atoms with E-state index in [-0.39, 0.29) is 12.1 Å². The zero-order valence-corrected chi connectivity index (χ0v) is 16.2. The smallest absolute Gasteiger partial charge is 0.135 e. The molecule has 0 aliphatic carbocycles. The Bertz CT molecular complexity index is 985. The van der Waals surface area contributed by atoms with Gasteiger partial charge in [-0.25, -0.2) is 0 Å². The number of furan rings is 1. The summed E-state index contributed by atoms with van der Waals surface area (Å²) in [6.45, 7) is 8.05. The number of benzene rings is 2. The summed E-state index contributed by atoms with van der Waals surface area (Å²) in [6.07, 6.45) is 0. The fourth-order valence-electron chi connectivity index (χ4n) is 2.90. The predicted octanol–water partition coefficient (Wildman–Crippen LogP) is 4.75. The van der Waals surface area contributed by atoms with Crippen LogP contribution in [-0.4, -0.2) is 23.8 Å². The van der Waals surface area contributed by atoms with Crippen LogP contribution in [0.4, 0.5) is 0 Å². The summed E-state index contributed by atoms with van der Waals surface area (Å²) in [7, 11) is 0. The molecule has 1 heterocycles. The zero-order chi connectivity index (χ0) is 19.6. The molecule has 0 atom stereocenters. The predicted molar refractivity (Wildman–Crippen MR) is 112 cm³/mol. The molecule has 0 spiro atoms. The van der Waals surface area contributed by atoms with Gasteiger partial charge in [-0.2, -0.15) is 0 Å². The second-order valence-corrected chi connectivity index (χ2v) is 7.29. The van der Waals surface area contributed by atoms with Gasteiger partial charge in [-0.1, -0.05) is 30.3 Å². The monoisotopic (exact) mass is 362 g/mol. The molecular formula is C22H26N4O. The molecule has 5 nitrogen and oxygen atoms in total. The van der Waals surface area contributed by atoms with E-state index >= 15 is 0 Å². The zero-order valence-electron chi connectivity index (χ0n) is 16.2. The Labute approximate surface area is 159 Å². The van der Waals surface area contributed by atoms with Crippen molar-refractivity contribution in [1.29, 1.82) is 10.8 Å². The maximum Gasteiger partial charge on any atom is 0.135 e. The van der Waals surface area contributed by atoms with Crippen LogP contribution in [0.15, 0.2) is 52.9 Å². The highest BCUT2D eigenvalue weighted by Gasteiger charge is 2.11. The molecule has 3 aromatic rings. The molecule has 0 unspecified atom stereocenters. The third-order valence-corrected chi connectivity index (χ3v) is 4.11. The van der Waals surface area contributed by atoms with Crippen molar-refractivity contribution >= 4 is 22.6 Å². The van der Waals surface area contributed by atoms with E-state index in [2.05, 4.69) is 10.6 Å². The van der Waals surface area contributed by atoms with Crippen molar-refractivity contribution in [2.24, 2.45) is 0 Å². The maximum absolute atomic E-state index is 8.19. The second kappa shape index (κ2) is 7.66. The van der Waals surface area contributed by atoms with Crippen molar-refractivity contribution in [3.8, 4) is 11.3 Å². The van der Waals surface area contributed by atoms with Crippen molar-refractivity contribution in [2.75, 3.05) is 0 Å². The van der Waals surface area contributed by atoms with Crippen LogP contribution < -0.4 is 10.6 Å². The lowest BCUT2D eigenvalue weighted by Gasteiger charge is -2.11. The SMILES string of the molecule is CC(C)NC(=N)c1cccc(-c2cc3ccc(C(=N)NC(C)C)cc3o2)c1. The van der Waals surface area contributed by atoms with Crippen LogP contribution in [-0.2, 0) is 0 Å². The minimum atomic E-state index is 0.206. The van der Waals surface area contributed by atoms with E-state index < -0.39 is 0 Å². The number of fused-ring (bicyclic) bond motifs is 1. The maximum atomic E-state index is 8.19. The van der Waals surface area contributed by atoms with Crippen molar-refractivity contribution in [3.63, 3.8) is 0 Å². The fraction of sp³-hybridized carbons (Fsp3) is 0.273. The Hall–Kier alpha value is -3.08. The molecule has 0 bridgehead atoms. The standard InChI is InChI=1S/C22H26N4O/c1-13(2)25-21(23)17-7-5-6-15(10-17)19-11-16-8-9-18(12-20(16)27-19)22(24)26-14(3)4/h5-14H,1-4H3,(H2,23,25)(H2,24,26). The van der Waals surface area contributed by atoms with Crippen LogP contribution in [0.1, 0.15) is 38.8 Å². The lowest BCUT2D eigenvalue weighted by Crippen LogP contribution is -2.30. The van der Waals surface area contributed by atoms with Gasteiger partial charge in [-0.15, -0.1) is 0 Å². The first-order chi connectivity index (χ1) is 12.8. The van der Waals surface area contributed by atoms with E-state index in [0.717, 1.165) is 33.4 Å². The molecule has 1 aromatic heterocycles. The van der Waals surface area contributed by atoms with Gasteiger partial charge in [0.1, 0.15) is 23.0 Å². The van der Waals surface area contributed by atoms with Gasteiger partial charge < -0.3 is 15.1 Å². The summed E-state index contributed by atoms with van der Waals surface area (Å²) < 4.78 is 6.05. The number of rotatable bonds is 5. The van der Waals surface area contributed by atoms with Crippen molar-refractivity contribution in [2.45, 2.75) is 39.8 Å². The molecule has 140 valence electrons. The summed E-state index contributed by atoms with van der Waals surface area (Å²) in [6, 6.07) is 16.0. The van der Waals surface area contributed by atoms with Crippen molar-refractivity contribution in [3.05, 3.63) is 59.7 Å². The number of nitrogens with one attached hydrogen (secondary N) is 4. The Morgan fingerprint density at radius 1 is 0.815 bits per heavy atom. The summed E-state index contributed by atoms with van der Waals surface area (Å²) in [5.74, 6) is 1.54. The summed E-state index contributed by atoms with van der Waals surface area (Å²) in [5, 5.41) is 23.6. The van der Waals surface area contributed by atoms with Crippen LogP contribution >= 0.6 is 0 Å². The van der Waals surface area contributed by atoms with E-state index in [9.17, 15) is 0 Å². The van der Waals surface area contributed by atoms with Crippen LogP contribution in [0.3, 0.4) is 0 Å². The molecular weight excluding hydrogens is 336 g/mol. The molecule has 27 heavy (non-hydrogen) atoms. The third kappa shape index (κ3) is 4.37. The Kier molecular flexibility index (Phi) is 5.31. The second-order valence-electron chi connectivity index (χ2n) is 7.29. The first-order valence-corrected chi connectivity index (χ1v) is 9.18. The molecule has 2 aromatic carbocycles. The molecule has 0 saturated carbocycles. The first kappa shape index (κ1) is 18.7. The van der Waals surface area contributed by atoms with E-state index in [1.165, 1.54) is 0 Å². The first-order valence-electron chi connectivity index (χ1n) is 9.18. The van der Waals surface area contributed by atoms with Crippen molar-refractivity contribution < 1.29 is 4.42 Å². The number of amidine groups is 2. The summed E-state index contributed by atoms with van der Waals surface area (Å²) >= 11 is 0. The topological polar surface area (TPSA) is 84.9 Å². The van der Waals surface area contributed by atoms with Gasteiger partial charge in [0, 0.05) is 34.2 Å². The van der Waals surface area contributed by atoms with Gasteiger partial charge >= 0.3 is 0 Å². The average Bonchev–Trinajstić information content (AvgIpc) is 3.04. The summed E-state index contributed by atoms with van der Waals surface area (Å²) in [5.41, 5.74) is 3.30. The van der Waals surface area contributed by atoms with Crippen LogP contribution in [0.25, 0.3) is 22.3 Å². The van der Waals surface area contributed by atoms with Gasteiger partial charge in [-0.05, 0) is 45.9 Å². The molecule has 5 heteroatoms. The lowest BCUT2D eigenvalue weighted by molar-refractivity contribution is 0.631. The van der Waals surface area contributed by atoms with Crippen molar-refractivity contribution in [1.82, 2.24) is 10.6 Å². The highest BCUT2D eigenvalue weighted by Crippen LogP contribution is 2.29. The molecule has 3 rings (SSSR count). The largest absolute Gasteiger partial charge is 0.456 e. The fourth-order valence-corrected chi connectivity index (χ4v) is 2.90. The van der Waals surface area contributed by atoms with Crippen LogP contribution in [0.5, 0.6) is 0 Å². The number of hydrogen-bond donors (Lipinski definition) is 4. The molecule has 0 aliphatic heterocycles. The average molecular weight is 362 g/mol. The minimum absolute atomic E-state index is 0.206. The lowest BCUT2D eigenvalue weighted by atomic mass is 10.1. The number of hydrogen-bond acceptors (Lipinski definition) is 3. The van der Waals surface area contributed by atoms with Crippen LogP contribution in [0.2, 0.25) is 0 Å². The summed E-state index contributed by atoms with van der Waals surface area (Å²) in [4.78, 5) is 0. The molecule has 4 N–H and O–H groups in total. The van der Waals surface area contributed by atoms with E-state index in [1.807, 2.05) is 76.2 Å². The highest BCUT2D eigenvalue weighted by molar-refractivity contribution is 6.00. The molecule has 0 saturated heterocycles. The highest BCUT2D eigenvalue weighted by atomic mass is 16.3. The normalized spacial score (nSPS) is 11.2. The molecule has 0 aliphatic rings. The Balaban J connectivity index is 1.91. The van der Waals surface area contributed by atoms with Gasteiger partial charge in [-0.3, -0.25) is 10.8 Å². The van der Waals surface area contributed by atoms with Gasteiger partial charge in [0.25, 0.3) is 0 Å². The van der Waals surface area contributed by atoms with Gasteiger partial charge in [0.15, 0.2) is 0 Å². The van der Waals surface area contributed by atoms with E-state index in [1.54, 1.807) is 0 Å². The Morgan fingerprint density at radius 2 is 1.44 bits per heavy atom. The Morgan fingerprint density at radius 3 is 2.07 bits per heavy atom. The van der Waals surface area contributed by atoms with Crippen LogP contribution in [0, 0.1) is 10.8 Å². The molecule has 0 fully saturated rings. The van der Waals surface area contributed by atoms with Gasteiger partial charge in [0.2, 0.25) is 0 Å². The van der Waals surface area contributed by atoms with Gasteiger partial charge in [0.05, 0.1) is 0 Å². The minimum Gasteiger partial charge on any atom is -0.456 e. The quantitative estimate of drug-likeness (QED) is 0.390.